The molecule has 2 rings (SSSR count). The lowest BCUT2D eigenvalue weighted by molar-refractivity contribution is 0.292. The fourth-order valence-electron chi connectivity index (χ4n) is 1.78. The van der Waals surface area contributed by atoms with Gasteiger partial charge in [0.1, 0.15) is 0 Å². The molecule has 0 aliphatic carbocycles. The summed E-state index contributed by atoms with van der Waals surface area (Å²) in [6.45, 7) is 1.55. The largest absolute Gasteiger partial charge is 0.493 e. The Balaban J connectivity index is 1.69. The molecule has 100 valence electrons. The van der Waals surface area contributed by atoms with E-state index in [1.54, 1.807) is 7.11 Å². The van der Waals surface area contributed by atoms with Gasteiger partial charge in [-0.25, -0.2) is 0 Å². The molecule has 19 heavy (non-hydrogen) atoms. The van der Waals surface area contributed by atoms with Gasteiger partial charge in [-0.2, -0.15) is 0 Å². The van der Waals surface area contributed by atoms with E-state index in [9.17, 15) is 0 Å². The van der Waals surface area contributed by atoms with Crippen LogP contribution in [0.5, 0.6) is 11.5 Å². The quantitative estimate of drug-likeness (QED) is 0.769. The van der Waals surface area contributed by atoms with Gasteiger partial charge in [-0.15, -0.1) is 0 Å². The zero-order valence-electron chi connectivity index (χ0n) is 11.1. The second-order valence-corrected chi connectivity index (χ2v) is 4.15. The molecule has 2 aromatic rings. The van der Waals surface area contributed by atoms with E-state index in [1.807, 2.05) is 42.5 Å². The number of hydrogen-bond acceptors (Lipinski definition) is 3. The van der Waals surface area contributed by atoms with Crippen LogP contribution in [-0.2, 0) is 0 Å². The van der Waals surface area contributed by atoms with Gasteiger partial charge in [0, 0.05) is 12.2 Å². The average molecular weight is 257 g/mol. The molecule has 0 radical (unpaired) electrons. The monoisotopic (exact) mass is 257 g/mol. The summed E-state index contributed by atoms with van der Waals surface area (Å²) in [6.07, 6.45) is 0.937. The molecular weight excluding hydrogens is 238 g/mol. The Bertz CT molecular complexity index is 485. The molecule has 0 aliphatic rings. The van der Waals surface area contributed by atoms with Crippen molar-refractivity contribution in [1.29, 1.82) is 0 Å². The Hall–Kier alpha value is -2.16. The van der Waals surface area contributed by atoms with Gasteiger partial charge in [0.05, 0.1) is 13.7 Å². The Morgan fingerprint density at radius 2 is 1.58 bits per heavy atom. The standard InChI is InChI=1S/C16H19NO2/c1-18-15-10-5-6-11-16(15)19-13-7-12-17-14-8-3-2-4-9-14/h2-6,8-11,17H,7,12-13H2,1H3. The summed E-state index contributed by atoms with van der Waals surface area (Å²) in [4.78, 5) is 0. The van der Waals surface area contributed by atoms with Crippen molar-refractivity contribution in [2.45, 2.75) is 6.42 Å². The molecular formula is C16H19NO2. The fourth-order valence-corrected chi connectivity index (χ4v) is 1.78. The molecule has 2 aromatic carbocycles. The maximum atomic E-state index is 5.70. The van der Waals surface area contributed by atoms with E-state index >= 15 is 0 Å². The van der Waals surface area contributed by atoms with E-state index in [0.717, 1.165) is 30.2 Å². The first-order valence-electron chi connectivity index (χ1n) is 6.45. The lowest BCUT2D eigenvalue weighted by atomic mass is 10.3. The van der Waals surface area contributed by atoms with E-state index in [0.29, 0.717) is 6.61 Å². The molecule has 3 nitrogen and oxygen atoms in total. The van der Waals surface area contributed by atoms with E-state index in [2.05, 4.69) is 17.4 Å². The average Bonchev–Trinajstić information content (AvgIpc) is 2.48. The number of anilines is 1. The molecule has 0 bridgehead atoms. The van der Waals surface area contributed by atoms with Gasteiger partial charge >= 0.3 is 0 Å². The first-order valence-corrected chi connectivity index (χ1v) is 6.45. The minimum absolute atomic E-state index is 0.667. The maximum absolute atomic E-state index is 5.70. The third-order valence-electron chi connectivity index (χ3n) is 2.75. The van der Waals surface area contributed by atoms with Crippen LogP contribution in [0.2, 0.25) is 0 Å². The van der Waals surface area contributed by atoms with Gasteiger partial charge in [0.2, 0.25) is 0 Å². The molecule has 0 atom stereocenters. The van der Waals surface area contributed by atoms with Crippen LogP contribution in [0, 0.1) is 0 Å². The summed E-state index contributed by atoms with van der Waals surface area (Å²) in [5.74, 6) is 1.57. The lowest BCUT2D eigenvalue weighted by Gasteiger charge is -2.10. The molecule has 0 aromatic heterocycles. The fraction of sp³-hybridized carbons (Fsp3) is 0.250. The Labute approximate surface area is 114 Å². The third kappa shape index (κ3) is 4.21. The second-order valence-electron chi connectivity index (χ2n) is 4.15. The zero-order chi connectivity index (χ0) is 13.3. The van der Waals surface area contributed by atoms with E-state index in [1.165, 1.54) is 0 Å². The minimum Gasteiger partial charge on any atom is -0.493 e. The highest BCUT2D eigenvalue weighted by Crippen LogP contribution is 2.25. The van der Waals surface area contributed by atoms with Crippen molar-refractivity contribution in [2.24, 2.45) is 0 Å². The third-order valence-corrected chi connectivity index (χ3v) is 2.75. The number of benzene rings is 2. The van der Waals surface area contributed by atoms with Gasteiger partial charge in [0.25, 0.3) is 0 Å². The van der Waals surface area contributed by atoms with Crippen molar-refractivity contribution in [2.75, 3.05) is 25.6 Å². The number of para-hydroxylation sites is 3. The molecule has 0 saturated heterocycles. The molecule has 1 N–H and O–H groups in total. The van der Waals surface area contributed by atoms with Crippen molar-refractivity contribution in [3.8, 4) is 11.5 Å². The Morgan fingerprint density at radius 1 is 0.895 bits per heavy atom. The number of ether oxygens (including phenoxy) is 2. The number of nitrogens with one attached hydrogen (secondary N) is 1. The molecule has 0 saturated carbocycles. The minimum atomic E-state index is 0.667. The van der Waals surface area contributed by atoms with Crippen LogP contribution in [-0.4, -0.2) is 20.3 Å². The number of rotatable bonds is 7. The molecule has 0 fully saturated rings. The van der Waals surface area contributed by atoms with E-state index < -0.39 is 0 Å². The summed E-state index contributed by atoms with van der Waals surface area (Å²) < 4.78 is 10.9. The Morgan fingerprint density at radius 3 is 2.32 bits per heavy atom. The van der Waals surface area contributed by atoms with Gasteiger partial charge in [-0.05, 0) is 30.7 Å². The van der Waals surface area contributed by atoms with Gasteiger partial charge in [-0.3, -0.25) is 0 Å². The smallest absolute Gasteiger partial charge is 0.161 e. The first kappa shape index (κ1) is 13.3. The van der Waals surface area contributed by atoms with Gasteiger partial charge in [0.15, 0.2) is 11.5 Å². The van der Waals surface area contributed by atoms with Crippen LogP contribution >= 0.6 is 0 Å². The molecule has 0 amide bonds. The maximum Gasteiger partial charge on any atom is 0.161 e. The summed E-state index contributed by atoms with van der Waals surface area (Å²) in [5.41, 5.74) is 1.14. The molecule has 3 heteroatoms. The highest BCUT2D eigenvalue weighted by molar-refractivity contribution is 5.42. The van der Waals surface area contributed by atoms with Crippen LogP contribution in [0.3, 0.4) is 0 Å². The number of methoxy groups -OCH3 is 1. The molecule has 0 heterocycles. The van der Waals surface area contributed by atoms with Crippen molar-refractivity contribution < 1.29 is 9.47 Å². The van der Waals surface area contributed by atoms with E-state index in [-0.39, 0.29) is 0 Å². The summed E-state index contributed by atoms with van der Waals surface area (Å²) in [5, 5.41) is 3.35. The van der Waals surface area contributed by atoms with Crippen LogP contribution in [0.4, 0.5) is 5.69 Å². The SMILES string of the molecule is COc1ccccc1OCCCNc1ccccc1. The number of hydrogen-bond donors (Lipinski definition) is 1. The second kappa shape index (κ2) is 7.31. The van der Waals surface area contributed by atoms with Crippen LogP contribution in [0.1, 0.15) is 6.42 Å². The van der Waals surface area contributed by atoms with Crippen molar-refractivity contribution in [1.82, 2.24) is 0 Å². The molecule has 0 unspecified atom stereocenters. The lowest BCUT2D eigenvalue weighted by Crippen LogP contribution is -2.07. The molecule has 0 aliphatic heterocycles. The normalized spacial score (nSPS) is 9.95. The highest BCUT2D eigenvalue weighted by Gasteiger charge is 2.01. The Kier molecular flexibility index (Phi) is 5.11. The van der Waals surface area contributed by atoms with Gasteiger partial charge < -0.3 is 14.8 Å². The highest BCUT2D eigenvalue weighted by atomic mass is 16.5. The first-order chi connectivity index (χ1) is 9.40. The van der Waals surface area contributed by atoms with Crippen LogP contribution in [0.25, 0.3) is 0 Å². The summed E-state index contributed by atoms with van der Waals surface area (Å²) in [7, 11) is 1.65. The summed E-state index contributed by atoms with van der Waals surface area (Å²) in [6, 6.07) is 17.9. The van der Waals surface area contributed by atoms with Crippen LogP contribution in [0.15, 0.2) is 54.6 Å². The van der Waals surface area contributed by atoms with E-state index in [4.69, 9.17) is 9.47 Å². The van der Waals surface area contributed by atoms with Crippen molar-refractivity contribution in [3.63, 3.8) is 0 Å². The summed E-state index contributed by atoms with van der Waals surface area (Å²) >= 11 is 0. The predicted octanol–water partition coefficient (Wildman–Crippen LogP) is 3.58. The van der Waals surface area contributed by atoms with Gasteiger partial charge in [-0.1, -0.05) is 30.3 Å². The topological polar surface area (TPSA) is 30.5 Å². The molecule has 0 spiro atoms. The van der Waals surface area contributed by atoms with Crippen molar-refractivity contribution in [3.05, 3.63) is 54.6 Å². The van der Waals surface area contributed by atoms with Crippen LogP contribution < -0.4 is 14.8 Å². The van der Waals surface area contributed by atoms with Crippen molar-refractivity contribution >= 4 is 5.69 Å². The predicted molar refractivity (Wildman–Crippen MR) is 78.0 cm³/mol. The zero-order valence-corrected chi connectivity index (χ0v) is 11.1.